The molecule has 1 heterocycles. The molecule has 0 saturated heterocycles. The number of carbonyl (C=O) groups excluding carboxylic acids is 1. The molecule has 0 spiro atoms. The first kappa shape index (κ1) is 16.0. The molecule has 4 aliphatic rings. The van der Waals surface area contributed by atoms with Crippen LogP contribution in [-0.4, -0.2) is 16.0 Å². The molecule has 4 saturated carbocycles. The summed E-state index contributed by atoms with van der Waals surface area (Å²) in [6, 6.07) is 7.96. The van der Waals surface area contributed by atoms with Gasteiger partial charge in [0.25, 0.3) is 0 Å². The quantitative estimate of drug-likeness (QED) is 0.899. The van der Waals surface area contributed by atoms with Gasteiger partial charge in [-0.1, -0.05) is 23.4 Å². The maximum absolute atomic E-state index is 13.3. The first-order valence-electron chi connectivity index (χ1n) is 9.78. The van der Waals surface area contributed by atoms with E-state index in [-0.39, 0.29) is 11.3 Å². The summed E-state index contributed by atoms with van der Waals surface area (Å²) in [5, 5.41) is 7.12. The highest BCUT2D eigenvalue weighted by Gasteiger charge is 2.54. The van der Waals surface area contributed by atoms with Crippen LogP contribution in [0.5, 0.6) is 0 Å². The van der Waals surface area contributed by atoms with E-state index in [1.807, 2.05) is 31.2 Å². The lowest BCUT2D eigenvalue weighted by Crippen LogP contribution is -2.51. The summed E-state index contributed by atoms with van der Waals surface area (Å²) in [7, 11) is 0. The number of hydrogen-bond donors (Lipinski definition) is 1. The summed E-state index contributed by atoms with van der Waals surface area (Å²) in [4.78, 5) is 17.6. The van der Waals surface area contributed by atoms with E-state index in [1.54, 1.807) is 0 Å². The third-order valence-electron chi connectivity index (χ3n) is 6.70. The number of benzene rings is 1. The fraction of sp³-hybridized carbons (Fsp3) is 0.571. The van der Waals surface area contributed by atoms with Crippen LogP contribution in [0.4, 0.5) is 5.69 Å². The molecule has 5 heteroatoms. The molecule has 4 aliphatic carbocycles. The lowest BCUT2D eigenvalue weighted by molar-refractivity contribution is -0.140. The molecule has 136 valence electrons. The second-order valence-corrected chi connectivity index (χ2v) is 8.72. The first-order valence-corrected chi connectivity index (χ1v) is 9.78. The molecule has 1 aromatic carbocycles. The van der Waals surface area contributed by atoms with E-state index < -0.39 is 0 Å². The Balaban J connectivity index is 1.37. The Hall–Kier alpha value is -2.17. The predicted octanol–water partition coefficient (Wildman–Crippen LogP) is 4.12. The smallest absolute Gasteiger partial charge is 0.231 e. The van der Waals surface area contributed by atoms with Gasteiger partial charge in [0.15, 0.2) is 5.82 Å². The van der Waals surface area contributed by atoms with Crippen LogP contribution in [-0.2, 0) is 11.2 Å². The van der Waals surface area contributed by atoms with Gasteiger partial charge >= 0.3 is 0 Å². The van der Waals surface area contributed by atoms with E-state index in [0.717, 1.165) is 48.3 Å². The number of amides is 1. The van der Waals surface area contributed by atoms with Crippen LogP contribution in [0, 0.1) is 30.1 Å². The number of para-hydroxylation sites is 1. The highest BCUT2D eigenvalue weighted by atomic mass is 16.5. The fourth-order valence-electron chi connectivity index (χ4n) is 6.01. The number of rotatable bonds is 4. The second kappa shape index (κ2) is 5.93. The monoisotopic (exact) mass is 351 g/mol. The van der Waals surface area contributed by atoms with Gasteiger partial charge in [0, 0.05) is 5.69 Å². The van der Waals surface area contributed by atoms with Crippen LogP contribution in [0.1, 0.15) is 55.8 Å². The number of nitrogens with zero attached hydrogens (tertiary/aromatic N) is 2. The van der Waals surface area contributed by atoms with Crippen LogP contribution in [0.15, 0.2) is 28.8 Å². The van der Waals surface area contributed by atoms with E-state index in [9.17, 15) is 4.79 Å². The maximum atomic E-state index is 13.3. The molecule has 4 bridgehead atoms. The fourth-order valence-corrected chi connectivity index (χ4v) is 6.01. The molecule has 1 N–H and O–H groups in total. The molecule has 26 heavy (non-hydrogen) atoms. The van der Waals surface area contributed by atoms with Crippen LogP contribution >= 0.6 is 0 Å². The van der Waals surface area contributed by atoms with Gasteiger partial charge in [0.1, 0.15) is 0 Å². The lowest BCUT2D eigenvalue weighted by atomic mass is 9.49. The second-order valence-electron chi connectivity index (χ2n) is 8.72. The van der Waals surface area contributed by atoms with Gasteiger partial charge < -0.3 is 9.84 Å². The summed E-state index contributed by atoms with van der Waals surface area (Å²) in [5.41, 5.74) is 1.77. The van der Waals surface area contributed by atoms with Crippen LogP contribution < -0.4 is 5.32 Å². The zero-order valence-corrected chi connectivity index (χ0v) is 15.2. The Kier molecular flexibility index (Phi) is 3.66. The average Bonchev–Trinajstić information content (AvgIpc) is 3.00. The van der Waals surface area contributed by atoms with Crippen molar-refractivity contribution in [1.29, 1.82) is 0 Å². The summed E-state index contributed by atoms with van der Waals surface area (Å²) in [6.45, 7) is 1.81. The van der Waals surface area contributed by atoms with Crippen molar-refractivity contribution in [2.75, 3.05) is 5.32 Å². The molecular weight excluding hydrogens is 326 g/mol. The average molecular weight is 351 g/mol. The van der Waals surface area contributed by atoms with Crippen molar-refractivity contribution in [1.82, 2.24) is 10.1 Å². The molecule has 2 aromatic rings. The van der Waals surface area contributed by atoms with Crippen LogP contribution in [0.2, 0.25) is 0 Å². The summed E-state index contributed by atoms with van der Waals surface area (Å²) in [5.74, 6) is 3.75. The minimum absolute atomic E-state index is 0.136. The Labute approximate surface area is 153 Å². The number of anilines is 1. The van der Waals surface area contributed by atoms with E-state index >= 15 is 0 Å². The molecule has 0 atom stereocenters. The van der Waals surface area contributed by atoms with Crippen molar-refractivity contribution in [2.45, 2.75) is 51.9 Å². The zero-order chi connectivity index (χ0) is 17.7. The third-order valence-corrected chi connectivity index (χ3v) is 6.70. The van der Waals surface area contributed by atoms with Crippen molar-refractivity contribution < 1.29 is 9.32 Å². The number of carbonyl (C=O) groups is 1. The van der Waals surface area contributed by atoms with Crippen molar-refractivity contribution >= 4 is 11.6 Å². The van der Waals surface area contributed by atoms with Crippen molar-refractivity contribution in [3.63, 3.8) is 0 Å². The standard InChI is InChI=1S/C21H25N3O2/c1-13-22-19(26-24-13)9-17-4-2-3-5-18(17)23-20(25)21-10-14-6-15(11-21)8-16(7-14)12-21/h2-5,14-16H,6-12H2,1H3,(H,23,25). The van der Waals surface area contributed by atoms with Crippen LogP contribution in [0.3, 0.4) is 0 Å². The van der Waals surface area contributed by atoms with E-state index in [0.29, 0.717) is 18.1 Å². The summed E-state index contributed by atoms with van der Waals surface area (Å²) >= 11 is 0. The highest BCUT2D eigenvalue weighted by molar-refractivity contribution is 5.96. The molecule has 1 aromatic heterocycles. The summed E-state index contributed by atoms with van der Waals surface area (Å²) in [6.07, 6.45) is 7.82. The van der Waals surface area contributed by atoms with E-state index in [2.05, 4.69) is 15.5 Å². The third kappa shape index (κ3) is 2.74. The minimum Gasteiger partial charge on any atom is -0.339 e. The van der Waals surface area contributed by atoms with E-state index in [4.69, 9.17) is 4.52 Å². The molecule has 6 rings (SSSR count). The highest BCUT2D eigenvalue weighted by Crippen LogP contribution is 2.60. The number of aryl methyl sites for hydroxylation is 1. The molecule has 0 radical (unpaired) electrons. The van der Waals surface area contributed by atoms with E-state index in [1.165, 1.54) is 19.3 Å². The zero-order valence-electron chi connectivity index (χ0n) is 15.2. The first-order chi connectivity index (χ1) is 12.6. The number of aromatic nitrogens is 2. The molecular formula is C21H25N3O2. The number of nitrogens with one attached hydrogen (secondary N) is 1. The SMILES string of the molecule is Cc1noc(Cc2ccccc2NC(=O)C23CC4CC(CC(C4)C2)C3)n1. The molecule has 4 fully saturated rings. The van der Waals surface area contributed by atoms with Crippen molar-refractivity contribution in [3.05, 3.63) is 41.5 Å². The van der Waals surface area contributed by atoms with Gasteiger partial charge in [0.05, 0.1) is 11.8 Å². The van der Waals surface area contributed by atoms with Gasteiger partial charge in [-0.25, -0.2) is 0 Å². The van der Waals surface area contributed by atoms with Gasteiger partial charge in [-0.15, -0.1) is 0 Å². The topological polar surface area (TPSA) is 68.0 Å². The molecule has 1 amide bonds. The Morgan fingerprint density at radius 3 is 2.42 bits per heavy atom. The van der Waals surface area contributed by atoms with Crippen molar-refractivity contribution in [2.24, 2.45) is 23.2 Å². The van der Waals surface area contributed by atoms with Gasteiger partial charge in [-0.05, 0) is 74.8 Å². The van der Waals surface area contributed by atoms with Crippen LogP contribution in [0.25, 0.3) is 0 Å². The van der Waals surface area contributed by atoms with Crippen molar-refractivity contribution in [3.8, 4) is 0 Å². The lowest BCUT2D eigenvalue weighted by Gasteiger charge is -2.55. The molecule has 5 nitrogen and oxygen atoms in total. The van der Waals surface area contributed by atoms with Gasteiger partial charge in [-0.2, -0.15) is 4.98 Å². The Bertz CT molecular complexity index is 806. The maximum Gasteiger partial charge on any atom is 0.231 e. The molecule has 0 unspecified atom stereocenters. The number of hydrogen-bond acceptors (Lipinski definition) is 4. The largest absolute Gasteiger partial charge is 0.339 e. The van der Waals surface area contributed by atoms with Gasteiger partial charge in [0.2, 0.25) is 11.8 Å². The Morgan fingerprint density at radius 1 is 1.15 bits per heavy atom. The Morgan fingerprint density at radius 2 is 1.81 bits per heavy atom. The van der Waals surface area contributed by atoms with Gasteiger partial charge in [-0.3, -0.25) is 4.79 Å². The predicted molar refractivity (Wildman–Crippen MR) is 97.5 cm³/mol. The molecule has 0 aliphatic heterocycles. The normalized spacial score (nSPS) is 32.0. The summed E-state index contributed by atoms with van der Waals surface area (Å²) < 4.78 is 5.25. The minimum atomic E-state index is -0.136.